The second kappa shape index (κ2) is 8.37. The average Bonchev–Trinajstić information content (AvgIpc) is 2.65. The zero-order valence-electron chi connectivity index (χ0n) is 16.7. The summed E-state index contributed by atoms with van der Waals surface area (Å²) in [4.78, 5) is 10.9. The zero-order chi connectivity index (χ0) is 20.4. The van der Waals surface area contributed by atoms with Crippen molar-refractivity contribution < 1.29 is 18.3 Å². The Balaban J connectivity index is 1.67. The topological polar surface area (TPSA) is 83.5 Å². The summed E-state index contributed by atoms with van der Waals surface area (Å²) in [6.45, 7) is 4.61. The second-order valence-corrected chi connectivity index (χ2v) is 10.5. The van der Waals surface area contributed by atoms with Crippen molar-refractivity contribution in [2.75, 3.05) is 0 Å². The fraction of sp³-hybridized carbons (Fsp3) is 0.591. The molecule has 0 saturated heterocycles. The normalized spacial score (nSPS) is 28.8. The summed E-state index contributed by atoms with van der Waals surface area (Å²) in [5.41, 5.74) is 0.260. The zero-order valence-corrected chi connectivity index (χ0v) is 17.5. The molecule has 28 heavy (non-hydrogen) atoms. The molecule has 1 aromatic carbocycles. The molecule has 5 nitrogen and oxygen atoms in total. The number of carbonyl (C=O) groups is 1. The monoisotopic (exact) mass is 405 g/mol. The van der Waals surface area contributed by atoms with Gasteiger partial charge in [-0.2, -0.15) is 0 Å². The van der Waals surface area contributed by atoms with Crippen molar-refractivity contribution in [3.05, 3.63) is 42.5 Å². The van der Waals surface area contributed by atoms with Crippen LogP contribution in [-0.4, -0.2) is 25.5 Å². The van der Waals surface area contributed by atoms with Crippen molar-refractivity contribution in [2.24, 2.45) is 23.2 Å². The van der Waals surface area contributed by atoms with Gasteiger partial charge in [0.2, 0.25) is 10.0 Å². The molecule has 0 heterocycles. The Labute approximate surface area is 168 Å². The molecule has 0 unspecified atom stereocenters. The number of nitrogens with one attached hydrogen (secondary N) is 1. The van der Waals surface area contributed by atoms with E-state index in [0.29, 0.717) is 23.2 Å². The first-order chi connectivity index (χ1) is 13.2. The lowest BCUT2D eigenvalue weighted by molar-refractivity contribution is -0.137. The van der Waals surface area contributed by atoms with Gasteiger partial charge in [0, 0.05) is 12.5 Å². The predicted octanol–water partition coefficient (Wildman–Crippen LogP) is 4.22. The van der Waals surface area contributed by atoms with Crippen LogP contribution in [-0.2, 0) is 14.8 Å². The van der Waals surface area contributed by atoms with Crippen LogP contribution in [0.1, 0.15) is 52.4 Å². The molecule has 4 atom stereocenters. The van der Waals surface area contributed by atoms with Gasteiger partial charge in [0.05, 0.1) is 4.90 Å². The number of carboxylic acids is 1. The van der Waals surface area contributed by atoms with E-state index in [0.717, 1.165) is 19.3 Å². The summed E-state index contributed by atoms with van der Waals surface area (Å²) in [6.07, 6.45) is 8.61. The number of allylic oxidation sites excluding steroid dienone is 2. The second-order valence-electron chi connectivity index (χ2n) is 8.79. The van der Waals surface area contributed by atoms with Crippen LogP contribution < -0.4 is 4.72 Å². The van der Waals surface area contributed by atoms with Crippen LogP contribution in [0.4, 0.5) is 0 Å². The maximum atomic E-state index is 12.8. The molecule has 0 spiro atoms. The van der Waals surface area contributed by atoms with Gasteiger partial charge in [-0.3, -0.25) is 4.79 Å². The van der Waals surface area contributed by atoms with Crippen molar-refractivity contribution in [2.45, 2.75) is 63.3 Å². The smallest absolute Gasteiger partial charge is 0.303 e. The number of benzene rings is 1. The predicted molar refractivity (Wildman–Crippen MR) is 109 cm³/mol. The quantitative estimate of drug-likeness (QED) is 0.476. The van der Waals surface area contributed by atoms with Gasteiger partial charge in [0.15, 0.2) is 0 Å². The SMILES string of the molecule is CC1(C)[C@H]2C[C@@H](NS(=O)(=O)c3ccccc3)[C@@H](CC=CCCCC(=O)O)[C@@H]1C2. The van der Waals surface area contributed by atoms with E-state index < -0.39 is 16.0 Å². The fourth-order valence-corrected chi connectivity index (χ4v) is 6.34. The van der Waals surface area contributed by atoms with Crippen LogP contribution in [0, 0.1) is 23.2 Å². The van der Waals surface area contributed by atoms with Crippen molar-refractivity contribution in [3.63, 3.8) is 0 Å². The van der Waals surface area contributed by atoms with Gasteiger partial charge in [-0.15, -0.1) is 0 Å². The highest BCUT2D eigenvalue weighted by Gasteiger charge is 2.57. The molecule has 3 saturated carbocycles. The van der Waals surface area contributed by atoms with E-state index in [1.807, 2.05) is 12.1 Å². The van der Waals surface area contributed by atoms with Gasteiger partial charge >= 0.3 is 5.97 Å². The third-order valence-electron chi connectivity index (χ3n) is 6.81. The molecule has 2 bridgehead atoms. The maximum Gasteiger partial charge on any atom is 0.303 e. The highest BCUT2D eigenvalue weighted by molar-refractivity contribution is 7.89. The molecule has 4 rings (SSSR count). The summed E-state index contributed by atoms with van der Waals surface area (Å²) >= 11 is 0. The third-order valence-corrected chi connectivity index (χ3v) is 8.32. The Kier molecular flexibility index (Phi) is 6.30. The Morgan fingerprint density at radius 1 is 1.21 bits per heavy atom. The minimum Gasteiger partial charge on any atom is -0.481 e. The first-order valence-corrected chi connectivity index (χ1v) is 11.6. The highest BCUT2D eigenvalue weighted by atomic mass is 32.2. The number of sulfonamides is 1. The summed E-state index contributed by atoms with van der Waals surface area (Å²) in [7, 11) is -3.52. The molecule has 2 N–H and O–H groups in total. The van der Waals surface area contributed by atoms with E-state index in [1.54, 1.807) is 24.3 Å². The standard InChI is InChI=1S/C22H31NO4S/c1-22(2)16-14-19(22)18(12-8-3-4-9-13-21(24)25)20(15-16)23-28(26,27)17-10-6-5-7-11-17/h3,5-8,10-11,16,18-20,23H,4,9,12-15H2,1-2H3,(H,24,25)/t16-,18+,19+,20-/m1/s1. The maximum absolute atomic E-state index is 12.8. The van der Waals surface area contributed by atoms with E-state index in [4.69, 9.17) is 5.11 Å². The van der Waals surface area contributed by atoms with E-state index in [-0.39, 0.29) is 23.8 Å². The lowest BCUT2D eigenvalue weighted by Crippen LogP contribution is -2.61. The summed E-state index contributed by atoms with van der Waals surface area (Å²) < 4.78 is 28.6. The fourth-order valence-electron chi connectivity index (χ4n) is 5.02. The van der Waals surface area contributed by atoms with Crippen LogP contribution >= 0.6 is 0 Å². The Morgan fingerprint density at radius 3 is 2.57 bits per heavy atom. The molecular weight excluding hydrogens is 374 g/mol. The number of rotatable bonds is 9. The van der Waals surface area contributed by atoms with Gasteiger partial charge in [-0.25, -0.2) is 13.1 Å². The van der Waals surface area contributed by atoms with Gasteiger partial charge in [-0.1, -0.05) is 44.2 Å². The van der Waals surface area contributed by atoms with E-state index in [1.165, 1.54) is 6.42 Å². The van der Waals surface area contributed by atoms with E-state index in [2.05, 4.69) is 24.6 Å². The molecular formula is C22H31NO4S. The van der Waals surface area contributed by atoms with Crippen molar-refractivity contribution >= 4 is 16.0 Å². The molecule has 3 fully saturated rings. The number of carboxylic acid groups (broad SMARTS) is 1. The number of aliphatic carboxylic acids is 1. The molecule has 1 aromatic rings. The van der Waals surface area contributed by atoms with Gasteiger partial charge in [-0.05, 0) is 67.4 Å². The number of unbranched alkanes of at least 4 members (excludes halogenated alkanes) is 1. The first-order valence-electron chi connectivity index (χ1n) is 10.2. The Morgan fingerprint density at radius 2 is 1.93 bits per heavy atom. The van der Waals surface area contributed by atoms with Gasteiger partial charge < -0.3 is 5.11 Å². The molecule has 0 aromatic heterocycles. The van der Waals surface area contributed by atoms with Crippen LogP contribution in [0.2, 0.25) is 0 Å². The largest absolute Gasteiger partial charge is 0.481 e. The summed E-state index contributed by atoms with van der Waals surface area (Å²) in [5, 5.41) is 8.72. The molecule has 3 aliphatic carbocycles. The molecule has 0 amide bonds. The van der Waals surface area contributed by atoms with E-state index in [9.17, 15) is 13.2 Å². The minimum absolute atomic E-state index is 0.0503. The molecule has 6 heteroatoms. The minimum atomic E-state index is -3.52. The van der Waals surface area contributed by atoms with Crippen LogP contribution in [0.5, 0.6) is 0 Å². The Hall–Kier alpha value is -1.66. The van der Waals surface area contributed by atoms with Crippen LogP contribution in [0.3, 0.4) is 0 Å². The molecule has 3 aliphatic rings. The summed E-state index contributed by atoms with van der Waals surface area (Å²) in [6, 6.07) is 8.52. The first kappa shape index (κ1) is 21.1. The van der Waals surface area contributed by atoms with Crippen molar-refractivity contribution in [1.29, 1.82) is 0 Å². The van der Waals surface area contributed by atoms with Gasteiger partial charge in [0.25, 0.3) is 0 Å². The van der Waals surface area contributed by atoms with Crippen molar-refractivity contribution in [3.8, 4) is 0 Å². The molecule has 154 valence electrons. The van der Waals surface area contributed by atoms with Crippen LogP contribution in [0.15, 0.2) is 47.4 Å². The highest BCUT2D eigenvalue weighted by Crippen LogP contribution is 2.62. The number of fused-ring (bicyclic) bond motifs is 2. The lowest BCUT2D eigenvalue weighted by atomic mass is 9.44. The lowest BCUT2D eigenvalue weighted by Gasteiger charge is -2.62. The number of hydrogen-bond donors (Lipinski definition) is 2. The molecule has 0 radical (unpaired) electrons. The van der Waals surface area contributed by atoms with E-state index >= 15 is 0 Å². The average molecular weight is 406 g/mol. The summed E-state index contributed by atoms with van der Waals surface area (Å²) in [5.74, 6) is 0.586. The number of hydrogen-bond acceptors (Lipinski definition) is 3. The van der Waals surface area contributed by atoms with Crippen LogP contribution in [0.25, 0.3) is 0 Å². The Bertz CT molecular complexity index is 816. The third kappa shape index (κ3) is 4.49. The molecule has 0 aliphatic heterocycles. The van der Waals surface area contributed by atoms with Gasteiger partial charge in [0.1, 0.15) is 0 Å². The van der Waals surface area contributed by atoms with Crippen molar-refractivity contribution in [1.82, 2.24) is 4.72 Å².